The van der Waals surface area contributed by atoms with E-state index in [-0.39, 0.29) is 36.3 Å². The van der Waals surface area contributed by atoms with Crippen LogP contribution in [0.2, 0.25) is 0 Å². The number of ether oxygens (including phenoxy) is 1. The summed E-state index contributed by atoms with van der Waals surface area (Å²) in [6.45, 7) is 9.15. The molecule has 1 heterocycles. The Kier molecular flexibility index (Phi) is 12.8. The number of halogens is 1. The van der Waals surface area contributed by atoms with E-state index in [0.717, 1.165) is 38.4 Å². The molecular formula is C20H36IN5O3S. The summed E-state index contributed by atoms with van der Waals surface area (Å²) in [4.78, 5) is 6.65. The van der Waals surface area contributed by atoms with E-state index in [4.69, 9.17) is 4.74 Å². The van der Waals surface area contributed by atoms with Crippen LogP contribution in [0.25, 0.3) is 0 Å². The van der Waals surface area contributed by atoms with Crippen molar-refractivity contribution < 1.29 is 13.2 Å². The average Bonchev–Trinajstić information content (AvgIpc) is 2.72. The predicted molar refractivity (Wildman–Crippen MR) is 133 cm³/mol. The van der Waals surface area contributed by atoms with Gasteiger partial charge in [-0.1, -0.05) is 44.2 Å². The highest BCUT2D eigenvalue weighted by molar-refractivity contribution is 14.0. The van der Waals surface area contributed by atoms with Crippen molar-refractivity contribution in [2.24, 2.45) is 10.9 Å². The number of guanidine groups is 1. The van der Waals surface area contributed by atoms with Crippen LogP contribution in [0.5, 0.6) is 0 Å². The number of rotatable bonds is 10. The SMILES string of the molecule is CN=C(NCCS(=O)(=O)NCc1ccccc1)NCC(C(C)C)N1CCOCC1.I. The monoisotopic (exact) mass is 553 g/mol. The Morgan fingerprint density at radius 3 is 2.43 bits per heavy atom. The molecule has 1 unspecified atom stereocenters. The molecule has 2 rings (SSSR count). The quantitative estimate of drug-likeness (QED) is 0.230. The van der Waals surface area contributed by atoms with E-state index in [1.54, 1.807) is 7.05 Å². The zero-order valence-electron chi connectivity index (χ0n) is 18.1. The summed E-state index contributed by atoms with van der Waals surface area (Å²) in [5.74, 6) is 1.08. The summed E-state index contributed by atoms with van der Waals surface area (Å²) in [6.07, 6.45) is 0. The zero-order valence-corrected chi connectivity index (χ0v) is 21.3. The van der Waals surface area contributed by atoms with Crippen LogP contribution in [0.15, 0.2) is 35.3 Å². The molecule has 1 fully saturated rings. The molecule has 3 N–H and O–H groups in total. The average molecular weight is 554 g/mol. The van der Waals surface area contributed by atoms with E-state index in [0.29, 0.717) is 24.5 Å². The van der Waals surface area contributed by atoms with E-state index in [1.807, 2.05) is 30.3 Å². The van der Waals surface area contributed by atoms with Crippen molar-refractivity contribution in [3.8, 4) is 0 Å². The van der Waals surface area contributed by atoms with E-state index in [9.17, 15) is 8.42 Å². The summed E-state index contributed by atoms with van der Waals surface area (Å²) >= 11 is 0. The third kappa shape index (κ3) is 9.90. The topological polar surface area (TPSA) is 95.1 Å². The number of aliphatic imine (C=N–C) groups is 1. The highest BCUT2D eigenvalue weighted by Crippen LogP contribution is 2.12. The van der Waals surface area contributed by atoms with Gasteiger partial charge in [0.05, 0.1) is 19.0 Å². The van der Waals surface area contributed by atoms with Crippen LogP contribution in [0.4, 0.5) is 0 Å². The minimum atomic E-state index is -3.36. The predicted octanol–water partition coefficient (Wildman–Crippen LogP) is 1.25. The zero-order chi connectivity index (χ0) is 21.1. The Morgan fingerprint density at radius 2 is 1.83 bits per heavy atom. The van der Waals surface area contributed by atoms with Crippen molar-refractivity contribution >= 4 is 40.0 Å². The standard InChI is InChI=1S/C20H35N5O3S.HI/c1-17(2)19(25-10-12-28-13-11-25)16-23-20(21-3)22-9-14-29(26,27)24-15-18-7-5-4-6-8-18;/h4-8,17,19,24H,9-16H2,1-3H3,(H2,21,22,23);1H. The lowest BCUT2D eigenvalue weighted by atomic mass is 10.0. The Morgan fingerprint density at radius 1 is 1.17 bits per heavy atom. The molecule has 172 valence electrons. The van der Waals surface area contributed by atoms with Crippen LogP contribution in [0, 0.1) is 5.92 Å². The summed E-state index contributed by atoms with van der Waals surface area (Å²) in [5, 5.41) is 6.43. The van der Waals surface area contributed by atoms with Crippen molar-refractivity contribution in [3.63, 3.8) is 0 Å². The fourth-order valence-electron chi connectivity index (χ4n) is 3.28. The number of benzene rings is 1. The van der Waals surface area contributed by atoms with E-state index < -0.39 is 10.0 Å². The Hall–Kier alpha value is -0.950. The molecular weight excluding hydrogens is 517 g/mol. The van der Waals surface area contributed by atoms with Gasteiger partial charge in [-0.25, -0.2) is 13.1 Å². The van der Waals surface area contributed by atoms with Crippen LogP contribution in [0.3, 0.4) is 0 Å². The van der Waals surface area contributed by atoms with Crippen molar-refractivity contribution in [2.45, 2.75) is 26.4 Å². The first kappa shape index (κ1) is 27.1. The van der Waals surface area contributed by atoms with Gasteiger partial charge in [0.25, 0.3) is 0 Å². The lowest BCUT2D eigenvalue weighted by Crippen LogP contribution is -2.53. The normalized spacial score (nSPS) is 16.7. The minimum Gasteiger partial charge on any atom is -0.379 e. The van der Waals surface area contributed by atoms with Gasteiger partial charge in [0, 0.05) is 45.8 Å². The maximum Gasteiger partial charge on any atom is 0.213 e. The van der Waals surface area contributed by atoms with Gasteiger partial charge in [0.2, 0.25) is 10.0 Å². The molecule has 0 saturated carbocycles. The molecule has 1 aromatic rings. The smallest absolute Gasteiger partial charge is 0.213 e. The minimum absolute atomic E-state index is 0. The van der Waals surface area contributed by atoms with Crippen LogP contribution in [-0.2, 0) is 21.3 Å². The molecule has 1 saturated heterocycles. The first-order valence-electron chi connectivity index (χ1n) is 10.2. The molecule has 0 radical (unpaired) electrons. The number of sulfonamides is 1. The molecule has 1 aromatic carbocycles. The molecule has 0 spiro atoms. The molecule has 0 bridgehead atoms. The number of hydrogen-bond acceptors (Lipinski definition) is 5. The van der Waals surface area contributed by atoms with Gasteiger partial charge in [-0.15, -0.1) is 24.0 Å². The third-order valence-electron chi connectivity index (χ3n) is 4.99. The van der Waals surface area contributed by atoms with Gasteiger partial charge in [-0.05, 0) is 11.5 Å². The summed E-state index contributed by atoms with van der Waals surface area (Å²) in [5.41, 5.74) is 0.935. The molecule has 8 nitrogen and oxygen atoms in total. The fourth-order valence-corrected chi connectivity index (χ4v) is 4.18. The third-order valence-corrected chi connectivity index (χ3v) is 6.31. The molecule has 0 aliphatic carbocycles. The number of morpholine rings is 1. The van der Waals surface area contributed by atoms with Gasteiger partial charge in [0.1, 0.15) is 0 Å². The van der Waals surface area contributed by atoms with Gasteiger partial charge < -0.3 is 15.4 Å². The maximum absolute atomic E-state index is 12.2. The van der Waals surface area contributed by atoms with Gasteiger partial charge in [0.15, 0.2) is 5.96 Å². The highest BCUT2D eigenvalue weighted by atomic mass is 127. The molecule has 0 aromatic heterocycles. The number of nitrogens with zero attached hydrogens (tertiary/aromatic N) is 2. The molecule has 1 aliphatic rings. The van der Waals surface area contributed by atoms with E-state index in [2.05, 4.69) is 39.1 Å². The van der Waals surface area contributed by atoms with Crippen LogP contribution in [-0.4, -0.2) is 77.5 Å². The summed E-state index contributed by atoms with van der Waals surface area (Å²) in [6, 6.07) is 9.85. The molecule has 1 atom stereocenters. The number of nitrogens with one attached hydrogen (secondary N) is 3. The second-order valence-electron chi connectivity index (χ2n) is 7.47. The summed E-state index contributed by atoms with van der Waals surface area (Å²) in [7, 11) is -1.67. The lowest BCUT2D eigenvalue weighted by molar-refractivity contribution is 0.00752. The van der Waals surface area contributed by atoms with E-state index >= 15 is 0 Å². The van der Waals surface area contributed by atoms with Crippen molar-refractivity contribution in [1.29, 1.82) is 0 Å². The van der Waals surface area contributed by atoms with E-state index in [1.165, 1.54) is 0 Å². The van der Waals surface area contributed by atoms with Crippen molar-refractivity contribution in [1.82, 2.24) is 20.3 Å². The molecule has 1 aliphatic heterocycles. The van der Waals surface area contributed by atoms with Gasteiger partial charge in [-0.3, -0.25) is 9.89 Å². The lowest BCUT2D eigenvalue weighted by Gasteiger charge is -2.37. The first-order chi connectivity index (χ1) is 13.9. The van der Waals surface area contributed by atoms with Crippen LogP contribution >= 0.6 is 24.0 Å². The highest BCUT2D eigenvalue weighted by Gasteiger charge is 2.23. The first-order valence-corrected chi connectivity index (χ1v) is 11.8. The van der Waals surface area contributed by atoms with Crippen LogP contribution < -0.4 is 15.4 Å². The Labute approximate surface area is 198 Å². The van der Waals surface area contributed by atoms with Gasteiger partial charge in [-0.2, -0.15) is 0 Å². The Bertz CT molecular complexity index is 725. The molecule has 0 amide bonds. The second kappa shape index (κ2) is 14.2. The summed E-state index contributed by atoms with van der Waals surface area (Å²) < 4.78 is 32.5. The van der Waals surface area contributed by atoms with Crippen LogP contribution in [0.1, 0.15) is 19.4 Å². The number of hydrogen-bond donors (Lipinski definition) is 3. The molecule has 30 heavy (non-hydrogen) atoms. The molecule has 10 heteroatoms. The van der Waals surface area contributed by atoms with Crippen molar-refractivity contribution in [2.75, 3.05) is 52.2 Å². The fraction of sp³-hybridized carbons (Fsp3) is 0.650. The second-order valence-corrected chi connectivity index (χ2v) is 9.39. The van der Waals surface area contributed by atoms with Gasteiger partial charge >= 0.3 is 0 Å². The Balaban J connectivity index is 0.00000450. The maximum atomic E-state index is 12.2. The van der Waals surface area contributed by atoms with Crippen molar-refractivity contribution in [3.05, 3.63) is 35.9 Å². The largest absolute Gasteiger partial charge is 0.379 e.